The Morgan fingerprint density at radius 1 is 0.792 bits per heavy atom. The van der Waals surface area contributed by atoms with Gasteiger partial charge in [0.25, 0.3) is 0 Å². The fourth-order valence-electron chi connectivity index (χ4n) is 6.31. The molecule has 0 saturated heterocycles. The van der Waals surface area contributed by atoms with Gasteiger partial charge in [-0.25, -0.2) is 0 Å². The number of rotatable bonds is 14. The molecule has 4 unspecified atom stereocenters. The average Bonchev–Trinajstić information content (AvgIpc) is 3.09. The molecule has 0 aliphatic heterocycles. The van der Waals surface area contributed by atoms with E-state index >= 15 is 0 Å². The number of hydrogen-bond acceptors (Lipinski definition) is 0. The van der Waals surface area contributed by atoms with Gasteiger partial charge in [-0.05, 0) is 105 Å². The number of allylic oxidation sites excluding steroid dienone is 4. The highest BCUT2D eigenvalue weighted by Crippen LogP contribution is 2.34. The lowest BCUT2D eigenvalue weighted by Crippen LogP contribution is -2.17. The molecule has 0 bridgehead atoms. The third kappa shape index (κ3) is 18.6. The minimum Gasteiger partial charge on any atom is -0.0887 e. The second-order valence-electron chi connectivity index (χ2n) is 15.7. The maximum Gasteiger partial charge on any atom is 0.00206 e. The van der Waals surface area contributed by atoms with Crippen LogP contribution in [0.1, 0.15) is 220 Å². The fraction of sp³-hybridized carbons (Fsp3) is 0.667. The molecule has 2 aromatic rings. The van der Waals surface area contributed by atoms with Gasteiger partial charge < -0.3 is 0 Å². The lowest BCUT2D eigenvalue weighted by molar-refractivity contribution is 0.436. The first-order valence-corrected chi connectivity index (χ1v) is 20.3. The molecule has 0 heterocycles. The summed E-state index contributed by atoms with van der Waals surface area (Å²) in [4.78, 5) is 0. The SMILES string of the molecule is C/C=C(/C)CCC(C)c1ccc(C(C)C(C)CCCC)cc1.CCC.CCC.CCCCC(C)(C)c1ccc(C2C=C(C)CCC2)cc1. The van der Waals surface area contributed by atoms with E-state index in [1.54, 1.807) is 5.57 Å². The van der Waals surface area contributed by atoms with Crippen LogP contribution in [0, 0.1) is 5.92 Å². The molecule has 48 heavy (non-hydrogen) atoms. The molecule has 1 aliphatic rings. The monoisotopic (exact) mass is 659 g/mol. The van der Waals surface area contributed by atoms with Crippen molar-refractivity contribution in [3.63, 3.8) is 0 Å². The van der Waals surface area contributed by atoms with Crippen molar-refractivity contribution in [2.45, 2.75) is 204 Å². The van der Waals surface area contributed by atoms with Gasteiger partial charge in [-0.2, -0.15) is 0 Å². The van der Waals surface area contributed by atoms with Crippen LogP contribution in [0.5, 0.6) is 0 Å². The third-order valence-electron chi connectivity index (χ3n) is 10.2. The maximum absolute atomic E-state index is 2.47. The lowest BCUT2D eigenvalue weighted by Gasteiger charge is -2.26. The molecule has 0 amide bonds. The topological polar surface area (TPSA) is 0 Å². The summed E-state index contributed by atoms with van der Waals surface area (Å²) in [6, 6.07) is 18.9. The van der Waals surface area contributed by atoms with E-state index < -0.39 is 0 Å². The Balaban J connectivity index is 0.000000792. The summed E-state index contributed by atoms with van der Waals surface area (Å²) in [5.74, 6) is 2.75. The standard InChI is InChI=1S/C22H36.C20H30.2C3H8/c1-7-9-10-18(4)20(6)22-15-13-21(14-16-22)19(5)12-11-17(3)8-2;1-5-6-14-20(3,4)19-12-10-17(11-13-19)18-9-7-8-16(2)15-18;2*1-3-2/h8,13-16,18-20H,7,9-12H2,1-6H3;10-13,15,18H,5-9,14H2,1-4H3;2*3H2,1-2H3/b17-8-;;;. The Labute approximate surface area is 302 Å². The first-order chi connectivity index (χ1) is 22.8. The molecule has 0 saturated carbocycles. The molecule has 274 valence electrons. The summed E-state index contributed by atoms with van der Waals surface area (Å²) >= 11 is 0. The second kappa shape index (κ2) is 26.7. The van der Waals surface area contributed by atoms with Crippen molar-refractivity contribution < 1.29 is 0 Å². The highest BCUT2D eigenvalue weighted by atomic mass is 14.3. The smallest absolute Gasteiger partial charge is 0.00206 e. The molecule has 0 heteroatoms. The van der Waals surface area contributed by atoms with E-state index in [0.717, 1.165) is 5.92 Å². The van der Waals surface area contributed by atoms with E-state index in [2.05, 4.69) is 158 Å². The van der Waals surface area contributed by atoms with Crippen LogP contribution in [-0.4, -0.2) is 0 Å². The molecular formula is C48H82. The van der Waals surface area contributed by atoms with Crippen LogP contribution in [0.3, 0.4) is 0 Å². The van der Waals surface area contributed by atoms with Gasteiger partial charge in [0.1, 0.15) is 0 Å². The first kappa shape index (κ1) is 45.9. The van der Waals surface area contributed by atoms with Gasteiger partial charge in [0.05, 0.1) is 0 Å². The van der Waals surface area contributed by atoms with E-state index in [-0.39, 0.29) is 0 Å². The van der Waals surface area contributed by atoms with Crippen LogP contribution in [0.25, 0.3) is 0 Å². The van der Waals surface area contributed by atoms with Crippen molar-refractivity contribution in [3.8, 4) is 0 Å². The Morgan fingerprint density at radius 3 is 1.83 bits per heavy atom. The molecule has 0 spiro atoms. The third-order valence-corrected chi connectivity index (χ3v) is 10.2. The molecule has 0 nitrogen and oxygen atoms in total. The van der Waals surface area contributed by atoms with Crippen molar-refractivity contribution in [1.29, 1.82) is 0 Å². The Kier molecular flexibility index (Phi) is 25.6. The summed E-state index contributed by atoms with van der Waals surface area (Å²) in [7, 11) is 0. The predicted octanol–water partition coefficient (Wildman–Crippen LogP) is 16.7. The molecule has 0 N–H and O–H groups in total. The Morgan fingerprint density at radius 2 is 1.33 bits per heavy atom. The minimum absolute atomic E-state index is 0.312. The van der Waals surface area contributed by atoms with Gasteiger partial charge in [-0.3, -0.25) is 0 Å². The van der Waals surface area contributed by atoms with Crippen LogP contribution in [0.15, 0.2) is 71.8 Å². The highest BCUT2D eigenvalue weighted by Gasteiger charge is 2.21. The summed E-state index contributed by atoms with van der Waals surface area (Å²) < 4.78 is 0. The molecule has 0 aromatic heterocycles. The fourth-order valence-corrected chi connectivity index (χ4v) is 6.31. The Bertz CT molecular complexity index is 1090. The van der Waals surface area contributed by atoms with Gasteiger partial charge in [0, 0.05) is 5.92 Å². The van der Waals surface area contributed by atoms with Gasteiger partial charge in [0.2, 0.25) is 0 Å². The quantitative estimate of drug-likeness (QED) is 0.177. The average molecular weight is 659 g/mol. The van der Waals surface area contributed by atoms with Crippen molar-refractivity contribution in [2.24, 2.45) is 5.92 Å². The normalized spacial score (nSPS) is 16.5. The summed E-state index contributed by atoms with van der Waals surface area (Å²) in [5.41, 5.74) is 9.36. The maximum atomic E-state index is 2.47. The predicted molar refractivity (Wildman–Crippen MR) is 222 cm³/mol. The van der Waals surface area contributed by atoms with E-state index in [1.165, 1.54) is 111 Å². The van der Waals surface area contributed by atoms with Crippen LogP contribution in [-0.2, 0) is 5.41 Å². The zero-order chi connectivity index (χ0) is 36.5. The van der Waals surface area contributed by atoms with Gasteiger partial charge in [0.15, 0.2) is 0 Å². The van der Waals surface area contributed by atoms with E-state index in [4.69, 9.17) is 0 Å². The lowest BCUT2D eigenvalue weighted by atomic mass is 9.79. The van der Waals surface area contributed by atoms with Crippen molar-refractivity contribution in [2.75, 3.05) is 0 Å². The van der Waals surface area contributed by atoms with Crippen molar-refractivity contribution in [1.82, 2.24) is 0 Å². The number of unbranched alkanes of at least 4 members (excludes halogenated alkanes) is 2. The van der Waals surface area contributed by atoms with Crippen LogP contribution in [0.2, 0.25) is 0 Å². The molecule has 4 atom stereocenters. The number of benzene rings is 2. The molecule has 3 rings (SSSR count). The summed E-state index contributed by atoms with van der Waals surface area (Å²) in [5, 5.41) is 0. The van der Waals surface area contributed by atoms with E-state index in [1.807, 2.05) is 0 Å². The van der Waals surface area contributed by atoms with Crippen LogP contribution in [0.4, 0.5) is 0 Å². The largest absolute Gasteiger partial charge is 0.0887 e. The zero-order valence-corrected chi connectivity index (χ0v) is 34.8. The summed E-state index contributed by atoms with van der Waals surface area (Å²) in [6.07, 6.45) is 21.5. The highest BCUT2D eigenvalue weighted by molar-refractivity contribution is 5.33. The van der Waals surface area contributed by atoms with Crippen LogP contribution < -0.4 is 0 Å². The van der Waals surface area contributed by atoms with Crippen LogP contribution >= 0.6 is 0 Å². The Hall–Kier alpha value is -2.08. The van der Waals surface area contributed by atoms with Gasteiger partial charge >= 0.3 is 0 Å². The molecule has 2 aromatic carbocycles. The van der Waals surface area contributed by atoms with E-state index in [9.17, 15) is 0 Å². The molecule has 0 radical (unpaired) electrons. The zero-order valence-electron chi connectivity index (χ0n) is 34.8. The minimum atomic E-state index is 0.312. The molecule has 0 fully saturated rings. The second-order valence-corrected chi connectivity index (χ2v) is 15.7. The van der Waals surface area contributed by atoms with Gasteiger partial charge in [-0.15, -0.1) is 0 Å². The molecular weight excluding hydrogens is 577 g/mol. The first-order valence-electron chi connectivity index (χ1n) is 20.3. The number of hydrogen-bond donors (Lipinski definition) is 0. The summed E-state index contributed by atoms with van der Waals surface area (Å²) in [6.45, 7) is 31.6. The van der Waals surface area contributed by atoms with Crippen molar-refractivity contribution >= 4 is 0 Å². The molecule has 1 aliphatic carbocycles. The van der Waals surface area contributed by atoms with Gasteiger partial charge in [-0.1, -0.05) is 193 Å². The van der Waals surface area contributed by atoms with Crippen molar-refractivity contribution in [3.05, 3.63) is 94.1 Å². The van der Waals surface area contributed by atoms with E-state index in [0.29, 0.717) is 23.2 Å².